The van der Waals surface area contributed by atoms with Gasteiger partial charge in [0.1, 0.15) is 0 Å². The first-order valence-corrected chi connectivity index (χ1v) is 6.80. The minimum Gasteiger partial charge on any atom is -0.389 e. The number of tetrazole rings is 1. The van der Waals surface area contributed by atoms with Gasteiger partial charge in [-0.25, -0.2) is 4.68 Å². The Morgan fingerprint density at radius 3 is 2.69 bits per heavy atom. The first-order chi connectivity index (χ1) is 7.68. The zero-order valence-electron chi connectivity index (χ0n) is 9.76. The lowest BCUT2D eigenvalue weighted by Crippen LogP contribution is -2.29. The molecule has 1 N–H and O–H groups in total. The quantitative estimate of drug-likeness (QED) is 0.768. The van der Waals surface area contributed by atoms with Crippen LogP contribution in [0.1, 0.15) is 45.6 Å². The maximum absolute atomic E-state index is 10.2. The fraction of sp³-hybridized carbons (Fsp3) is 0.900. The summed E-state index contributed by atoms with van der Waals surface area (Å²) in [6.07, 6.45) is 3.87. The molecule has 0 radical (unpaired) electrons. The summed E-state index contributed by atoms with van der Waals surface area (Å²) in [4.78, 5) is 0. The van der Waals surface area contributed by atoms with E-state index in [2.05, 4.69) is 15.5 Å². The monoisotopic (exact) mass is 242 g/mol. The molecule has 0 spiro atoms. The Morgan fingerprint density at radius 2 is 2.12 bits per heavy atom. The molecule has 0 amide bonds. The van der Waals surface area contributed by atoms with Crippen LogP contribution in [-0.2, 0) is 0 Å². The SMILES string of the molecule is CCC(O)(CC)CSc1nnnn1C1CC1. The Morgan fingerprint density at radius 1 is 1.44 bits per heavy atom. The van der Waals surface area contributed by atoms with E-state index in [0.717, 1.165) is 18.0 Å². The lowest BCUT2D eigenvalue weighted by molar-refractivity contribution is 0.0571. The van der Waals surface area contributed by atoms with Crippen LogP contribution in [0.3, 0.4) is 0 Å². The van der Waals surface area contributed by atoms with Crippen molar-refractivity contribution in [3.63, 3.8) is 0 Å². The second kappa shape index (κ2) is 4.71. The molecule has 5 nitrogen and oxygen atoms in total. The van der Waals surface area contributed by atoms with E-state index in [1.54, 1.807) is 11.8 Å². The minimum absolute atomic E-state index is 0.494. The van der Waals surface area contributed by atoms with Crippen molar-refractivity contribution in [1.29, 1.82) is 0 Å². The van der Waals surface area contributed by atoms with Crippen molar-refractivity contribution in [3.8, 4) is 0 Å². The molecule has 2 rings (SSSR count). The summed E-state index contributed by atoms with van der Waals surface area (Å²) < 4.78 is 1.89. The van der Waals surface area contributed by atoms with Gasteiger partial charge in [0.25, 0.3) is 0 Å². The molecule has 90 valence electrons. The predicted octanol–water partition coefficient (Wildman–Crippen LogP) is 1.65. The summed E-state index contributed by atoms with van der Waals surface area (Å²) in [5, 5.41) is 22.7. The van der Waals surface area contributed by atoms with Gasteiger partial charge in [-0.2, -0.15) is 0 Å². The maximum atomic E-state index is 10.2. The van der Waals surface area contributed by atoms with Crippen molar-refractivity contribution in [2.75, 3.05) is 5.75 Å². The average Bonchev–Trinajstić information content (AvgIpc) is 3.05. The van der Waals surface area contributed by atoms with E-state index in [1.165, 1.54) is 12.8 Å². The van der Waals surface area contributed by atoms with E-state index in [9.17, 15) is 5.11 Å². The van der Waals surface area contributed by atoms with E-state index in [4.69, 9.17) is 0 Å². The van der Waals surface area contributed by atoms with Crippen LogP contribution >= 0.6 is 11.8 Å². The topological polar surface area (TPSA) is 63.8 Å². The van der Waals surface area contributed by atoms with Gasteiger partial charge in [-0.1, -0.05) is 25.6 Å². The van der Waals surface area contributed by atoms with Crippen molar-refractivity contribution in [1.82, 2.24) is 20.2 Å². The summed E-state index contributed by atoms with van der Waals surface area (Å²) >= 11 is 1.55. The van der Waals surface area contributed by atoms with E-state index in [1.807, 2.05) is 18.5 Å². The molecule has 1 aliphatic rings. The zero-order valence-corrected chi connectivity index (χ0v) is 10.6. The van der Waals surface area contributed by atoms with Gasteiger partial charge >= 0.3 is 0 Å². The highest BCUT2D eigenvalue weighted by molar-refractivity contribution is 7.99. The van der Waals surface area contributed by atoms with Gasteiger partial charge in [0.15, 0.2) is 0 Å². The van der Waals surface area contributed by atoms with Crippen molar-refractivity contribution in [2.24, 2.45) is 0 Å². The van der Waals surface area contributed by atoms with Crippen LogP contribution in [0.25, 0.3) is 0 Å². The lowest BCUT2D eigenvalue weighted by atomic mass is 10.0. The third-order valence-electron chi connectivity index (χ3n) is 3.14. The molecule has 1 aliphatic carbocycles. The van der Waals surface area contributed by atoms with E-state index in [-0.39, 0.29) is 0 Å². The normalized spacial score (nSPS) is 16.7. The summed E-state index contributed by atoms with van der Waals surface area (Å²) in [6.45, 7) is 4.02. The molecule has 1 aromatic heterocycles. The zero-order chi connectivity index (χ0) is 11.6. The number of aromatic nitrogens is 4. The number of thioether (sulfide) groups is 1. The first-order valence-electron chi connectivity index (χ1n) is 5.81. The molecule has 0 atom stereocenters. The predicted molar refractivity (Wildman–Crippen MR) is 62.3 cm³/mol. The van der Waals surface area contributed by atoms with Gasteiger partial charge in [-0.3, -0.25) is 0 Å². The Hall–Kier alpha value is -0.620. The second-order valence-corrected chi connectivity index (χ2v) is 5.30. The van der Waals surface area contributed by atoms with E-state index >= 15 is 0 Å². The van der Waals surface area contributed by atoms with Crippen LogP contribution < -0.4 is 0 Å². The van der Waals surface area contributed by atoms with Crippen LogP contribution in [0.15, 0.2) is 5.16 Å². The molecule has 1 saturated carbocycles. The summed E-state index contributed by atoms with van der Waals surface area (Å²) in [5.41, 5.74) is -0.592. The largest absolute Gasteiger partial charge is 0.389 e. The Labute approximate surface area is 99.6 Å². The third-order valence-corrected chi connectivity index (χ3v) is 4.35. The van der Waals surface area contributed by atoms with Crippen LogP contribution in [-0.4, -0.2) is 36.7 Å². The Bertz CT molecular complexity index is 346. The van der Waals surface area contributed by atoms with Gasteiger partial charge in [-0.05, 0) is 36.1 Å². The van der Waals surface area contributed by atoms with E-state index < -0.39 is 5.60 Å². The maximum Gasteiger partial charge on any atom is 0.209 e. The molecule has 1 fully saturated rings. The molecule has 1 aromatic rings. The minimum atomic E-state index is -0.592. The summed E-state index contributed by atoms with van der Waals surface area (Å²) in [5.74, 6) is 0.660. The van der Waals surface area contributed by atoms with Gasteiger partial charge < -0.3 is 5.11 Å². The molecule has 1 heterocycles. The number of nitrogens with zero attached hydrogens (tertiary/aromatic N) is 4. The summed E-state index contributed by atoms with van der Waals surface area (Å²) in [7, 11) is 0. The van der Waals surface area contributed by atoms with Gasteiger partial charge in [0, 0.05) is 5.75 Å². The lowest BCUT2D eigenvalue weighted by Gasteiger charge is -2.23. The first kappa shape index (κ1) is 11.9. The molecule has 0 saturated heterocycles. The highest BCUT2D eigenvalue weighted by Gasteiger charge is 2.29. The molecule has 0 aromatic carbocycles. The third kappa shape index (κ3) is 2.55. The van der Waals surface area contributed by atoms with Gasteiger partial charge in [0.05, 0.1) is 11.6 Å². The van der Waals surface area contributed by atoms with Crippen LogP contribution in [0.4, 0.5) is 0 Å². The molecule has 16 heavy (non-hydrogen) atoms. The highest BCUT2D eigenvalue weighted by atomic mass is 32.2. The second-order valence-electron chi connectivity index (χ2n) is 4.36. The van der Waals surface area contributed by atoms with E-state index in [0.29, 0.717) is 11.8 Å². The number of rotatable bonds is 6. The molecule has 6 heteroatoms. The number of hydrogen-bond donors (Lipinski definition) is 1. The Balaban J connectivity index is 1.96. The molecule has 0 aliphatic heterocycles. The van der Waals surface area contributed by atoms with Crippen LogP contribution in [0.2, 0.25) is 0 Å². The molecular weight excluding hydrogens is 224 g/mol. The van der Waals surface area contributed by atoms with Crippen molar-refractivity contribution in [2.45, 2.75) is 56.3 Å². The number of aliphatic hydroxyl groups is 1. The smallest absolute Gasteiger partial charge is 0.209 e. The number of hydrogen-bond acceptors (Lipinski definition) is 5. The average molecular weight is 242 g/mol. The highest BCUT2D eigenvalue weighted by Crippen LogP contribution is 2.37. The standard InChI is InChI=1S/C10H18N4OS/c1-3-10(15,4-2)7-16-9-11-12-13-14(9)8-5-6-8/h8,15H,3-7H2,1-2H3. The Kier molecular flexibility index (Phi) is 3.49. The fourth-order valence-electron chi connectivity index (χ4n) is 1.48. The van der Waals surface area contributed by atoms with Gasteiger partial charge in [0.2, 0.25) is 5.16 Å². The van der Waals surface area contributed by atoms with Crippen molar-refractivity contribution in [3.05, 3.63) is 0 Å². The molecule has 0 bridgehead atoms. The summed E-state index contributed by atoms with van der Waals surface area (Å²) in [6, 6.07) is 0.494. The van der Waals surface area contributed by atoms with Crippen molar-refractivity contribution < 1.29 is 5.11 Å². The fourth-order valence-corrected chi connectivity index (χ4v) is 2.70. The van der Waals surface area contributed by atoms with Crippen LogP contribution in [0.5, 0.6) is 0 Å². The van der Waals surface area contributed by atoms with Crippen LogP contribution in [0, 0.1) is 0 Å². The van der Waals surface area contributed by atoms with Crippen molar-refractivity contribution >= 4 is 11.8 Å². The van der Waals surface area contributed by atoms with Gasteiger partial charge in [-0.15, -0.1) is 5.10 Å². The molecular formula is C10H18N4OS. The molecule has 0 unspecified atom stereocenters.